The second-order valence-corrected chi connectivity index (χ2v) is 10.4. The van der Waals surface area contributed by atoms with Crippen LogP contribution in [0.1, 0.15) is 54.1 Å². The van der Waals surface area contributed by atoms with Crippen LogP contribution in [0.5, 0.6) is 0 Å². The van der Waals surface area contributed by atoms with Gasteiger partial charge in [0.25, 0.3) is 5.91 Å². The SMILES string of the molecule is Cc1cc(C)cc(CN(Cc2ccc(COC(=O)c3cccc4ccc(CO)cc34)cc2)C(=O)c2ccccc2)c1. The highest BCUT2D eigenvalue weighted by Gasteiger charge is 2.17. The van der Waals surface area contributed by atoms with E-state index >= 15 is 0 Å². The Morgan fingerprint density at radius 1 is 0.683 bits per heavy atom. The van der Waals surface area contributed by atoms with Gasteiger partial charge in [-0.3, -0.25) is 4.79 Å². The fourth-order valence-corrected chi connectivity index (χ4v) is 5.13. The third-order valence-corrected chi connectivity index (χ3v) is 7.08. The molecule has 0 spiro atoms. The van der Waals surface area contributed by atoms with Crippen molar-refractivity contribution in [2.45, 2.75) is 40.2 Å². The van der Waals surface area contributed by atoms with Crippen molar-refractivity contribution < 1.29 is 19.4 Å². The van der Waals surface area contributed by atoms with Gasteiger partial charge in [0.1, 0.15) is 6.61 Å². The molecule has 0 aliphatic heterocycles. The van der Waals surface area contributed by atoms with Gasteiger partial charge in [0.05, 0.1) is 12.2 Å². The lowest BCUT2D eigenvalue weighted by molar-refractivity contribution is 0.0474. The highest BCUT2D eigenvalue weighted by molar-refractivity contribution is 6.04. The van der Waals surface area contributed by atoms with Gasteiger partial charge in [-0.05, 0) is 71.1 Å². The van der Waals surface area contributed by atoms with Crippen LogP contribution < -0.4 is 0 Å². The number of aryl methyl sites for hydroxylation is 2. The molecule has 0 aromatic heterocycles. The van der Waals surface area contributed by atoms with Crippen LogP contribution in [0.2, 0.25) is 0 Å². The summed E-state index contributed by atoms with van der Waals surface area (Å²) in [4.78, 5) is 28.3. The molecule has 5 aromatic rings. The summed E-state index contributed by atoms with van der Waals surface area (Å²) in [6.45, 7) is 5.12. The highest BCUT2D eigenvalue weighted by atomic mass is 16.5. The van der Waals surface area contributed by atoms with Crippen molar-refractivity contribution in [3.05, 3.63) is 154 Å². The van der Waals surface area contributed by atoms with E-state index in [-0.39, 0.29) is 19.1 Å². The average molecular weight is 544 g/mol. The molecule has 206 valence electrons. The second kappa shape index (κ2) is 12.6. The molecule has 0 saturated heterocycles. The molecule has 0 radical (unpaired) electrons. The summed E-state index contributed by atoms with van der Waals surface area (Å²) < 4.78 is 5.65. The van der Waals surface area contributed by atoms with Crippen LogP contribution in [0.4, 0.5) is 0 Å². The molecule has 0 heterocycles. The van der Waals surface area contributed by atoms with E-state index in [0.717, 1.165) is 33.0 Å². The Bertz CT molecular complexity index is 1660. The van der Waals surface area contributed by atoms with Crippen LogP contribution in [-0.4, -0.2) is 21.9 Å². The Kier molecular flexibility index (Phi) is 8.56. The molecular formula is C36H33NO4. The van der Waals surface area contributed by atoms with Crippen LogP contribution >= 0.6 is 0 Å². The molecule has 1 N–H and O–H groups in total. The van der Waals surface area contributed by atoms with E-state index in [9.17, 15) is 14.7 Å². The Balaban J connectivity index is 1.29. The van der Waals surface area contributed by atoms with Gasteiger partial charge in [-0.15, -0.1) is 0 Å². The Morgan fingerprint density at radius 3 is 2.05 bits per heavy atom. The topological polar surface area (TPSA) is 66.8 Å². The number of esters is 1. The normalized spacial score (nSPS) is 10.9. The van der Waals surface area contributed by atoms with E-state index < -0.39 is 5.97 Å². The first-order valence-corrected chi connectivity index (χ1v) is 13.7. The third-order valence-electron chi connectivity index (χ3n) is 7.08. The van der Waals surface area contributed by atoms with E-state index in [0.29, 0.717) is 24.2 Å². The molecule has 0 aliphatic rings. The molecule has 0 bridgehead atoms. The van der Waals surface area contributed by atoms with Crippen LogP contribution in [0.15, 0.2) is 109 Å². The van der Waals surface area contributed by atoms with Crippen molar-refractivity contribution in [3.8, 4) is 0 Å². The zero-order valence-corrected chi connectivity index (χ0v) is 23.3. The van der Waals surface area contributed by atoms with Crippen molar-refractivity contribution in [3.63, 3.8) is 0 Å². The summed E-state index contributed by atoms with van der Waals surface area (Å²) in [6.07, 6.45) is 0. The van der Waals surface area contributed by atoms with Gasteiger partial charge < -0.3 is 14.7 Å². The summed E-state index contributed by atoms with van der Waals surface area (Å²) >= 11 is 0. The van der Waals surface area contributed by atoms with Gasteiger partial charge >= 0.3 is 5.97 Å². The lowest BCUT2D eigenvalue weighted by atomic mass is 10.0. The fourth-order valence-electron chi connectivity index (χ4n) is 5.13. The number of hydrogen-bond donors (Lipinski definition) is 1. The Hall–Kier alpha value is -4.74. The maximum absolute atomic E-state index is 13.5. The number of carbonyl (C=O) groups excluding carboxylic acids is 2. The highest BCUT2D eigenvalue weighted by Crippen LogP contribution is 2.22. The number of benzene rings is 5. The van der Waals surface area contributed by atoms with Crippen LogP contribution in [-0.2, 0) is 31.0 Å². The minimum Gasteiger partial charge on any atom is -0.457 e. The van der Waals surface area contributed by atoms with Crippen molar-refractivity contribution >= 4 is 22.6 Å². The minimum absolute atomic E-state index is 0.0257. The first-order valence-electron chi connectivity index (χ1n) is 13.7. The van der Waals surface area contributed by atoms with E-state index in [1.807, 2.05) is 89.8 Å². The largest absolute Gasteiger partial charge is 0.457 e. The number of nitrogens with zero attached hydrogens (tertiary/aromatic N) is 1. The van der Waals surface area contributed by atoms with Crippen molar-refractivity contribution in [1.82, 2.24) is 4.90 Å². The Labute approximate surface area is 240 Å². The smallest absolute Gasteiger partial charge is 0.339 e. The predicted molar refractivity (Wildman–Crippen MR) is 161 cm³/mol. The number of rotatable bonds is 9. The van der Waals surface area contributed by atoms with Crippen LogP contribution in [0.3, 0.4) is 0 Å². The Morgan fingerprint density at radius 2 is 1.34 bits per heavy atom. The summed E-state index contributed by atoms with van der Waals surface area (Å²) in [5.41, 5.74) is 7.14. The number of carbonyl (C=O) groups is 2. The lowest BCUT2D eigenvalue weighted by Crippen LogP contribution is -2.30. The van der Waals surface area contributed by atoms with E-state index in [4.69, 9.17) is 4.74 Å². The summed E-state index contributed by atoms with van der Waals surface area (Å²) in [7, 11) is 0. The molecule has 0 saturated carbocycles. The first-order chi connectivity index (χ1) is 19.9. The summed E-state index contributed by atoms with van der Waals surface area (Å²) in [6, 6.07) is 34.6. The molecular weight excluding hydrogens is 510 g/mol. The maximum atomic E-state index is 13.5. The number of fused-ring (bicyclic) bond motifs is 1. The number of hydrogen-bond acceptors (Lipinski definition) is 4. The minimum atomic E-state index is -0.414. The number of ether oxygens (including phenoxy) is 1. The van der Waals surface area contributed by atoms with Crippen LogP contribution in [0.25, 0.3) is 10.8 Å². The third kappa shape index (κ3) is 6.89. The molecule has 5 rings (SSSR count). The molecule has 1 amide bonds. The van der Waals surface area contributed by atoms with Gasteiger partial charge in [0.15, 0.2) is 0 Å². The number of amides is 1. The summed E-state index contributed by atoms with van der Waals surface area (Å²) in [5.74, 6) is -0.440. The molecule has 0 fully saturated rings. The van der Waals surface area contributed by atoms with Crippen molar-refractivity contribution in [2.24, 2.45) is 0 Å². The summed E-state index contributed by atoms with van der Waals surface area (Å²) in [5, 5.41) is 11.2. The zero-order chi connectivity index (χ0) is 28.8. The molecule has 0 atom stereocenters. The fraction of sp³-hybridized carbons (Fsp3) is 0.167. The van der Waals surface area contributed by atoms with Gasteiger partial charge in [0.2, 0.25) is 0 Å². The molecule has 5 heteroatoms. The predicted octanol–water partition coefficient (Wildman–Crippen LogP) is 7.15. The maximum Gasteiger partial charge on any atom is 0.339 e. The van der Waals surface area contributed by atoms with Gasteiger partial charge in [-0.25, -0.2) is 4.79 Å². The standard InChI is InChI=1S/C36H33NO4/c1-25-17-26(2)19-30(18-25)22-37(35(39)32-7-4-3-5-8-32)21-27-11-13-28(14-12-27)24-41-36(40)33-10-6-9-31-16-15-29(23-38)20-34(31)33/h3-20,38H,21-24H2,1-2H3. The van der Waals surface area contributed by atoms with Gasteiger partial charge in [0, 0.05) is 18.7 Å². The molecule has 5 aromatic carbocycles. The molecule has 5 nitrogen and oxygen atoms in total. The van der Waals surface area contributed by atoms with Crippen LogP contribution in [0, 0.1) is 13.8 Å². The van der Waals surface area contributed by atoms with Crippen molar-refractivity contribution in [2.75, 3.05) is 0 Å². The first kappa shape index (κ1) is 27.8. The molecule has 0 aliphatic carbocycles. The average Bonchev–Trinajstić information content (AvgIpc) is 2.99. The molecule has 0 unspecified atom stereocenters. The lowest BCUT2D eigenvalue weighted by Gasteiger charge is -2.24. The van der Waals surface area contributed by atoms with Crippen molar-refractivity contribution in [1.29, 1.82) is 0 Å². The van der Waals surface area contributed by atoms with E-state index in [1.54, 1.807) is 6.07 Å². The zero-order valence-electron chi connectivity index (χ0n) is 23.3. The quantitative estimate of drug-likeness (QED) is 0.201. The van der Waals surface area contributed by atoms with E-state index in [2.05, 4.69) is 32.0 Å². The van der Waals surface area contributed by atoms with Gasteiger partial charge in [-0.1, -0.05) is 96.1 Å². The van der Waals surface area contributed by atoms with E-state index in [1.165, 1.54) is 11.1 Å². The number of aliphatic hydroxyl groups excluding tert-OH is 1. The second-order valence-electron chi connectivity index (χ2n) is 10.4. The molecule has 41 heavy (non-hydrogen) atoms. The monoisotopic (exact) mass is 543 g/mol. The number of aliphatic hydroxyl groups is 1. The van der Waals surface area contributed by atoms with Gasteiger partial charge in [-0.2, -0.15) is 0 Å².